The van der Waals surface area contributed by atoms with Crippen molar-refractivity contribution in [1.82, 2.24) is 5.32 Å². The van der Waals surface area contributed by atoms with Gasteiger partial charge in [-0.3, -0.25) is 0 Å². The van der Waals surface area contributed by atoms with Gasteiger partial charge >= 0.3 is 0 Å². The molecule has 0 spiro atoms. The van der Waals surface area contributed by atoms with Crippen molar-refractivity contribution >= 4 is 27.7 Å². The highest BCUT2D eigenvalue weighted by Gasteiger charge is 2.25. The normalized spacial score (nSPS) is 24.2. The zero-order chi connectivity index (χ0) is 12.3. The molecule has 1 aromatic carbocycles. The van der Waals surface area contributed by atoms with Crippen LogP contribution in [0.25, 0.3) is 0 Å². The Morgan fingerprint density at radius 3 is 3.06 bits per heavy atom. The quantitative estimate of drug-likeness (QED) is 0.902. The number of halogens is 2. The van der Waals surface area contributed by atoms with Gasteiger partial charge in [0.15, 0.2) is 0 Å². The molecule has 1 aromatic rings. The molecule has 0 saturated heterocycles. The van der Waals surface area contributed by atoms with Crippen LogP contribution >= 0.6 is 27.7 Å². The van der Waals surface area contributed by atoms with Crippen molar-refractivity contribution in [2.45, 2.75) is 37.1 Å². The first kappa shape index (κ1) is 13.4. The van der Waals surface area contributed by atoms with E-state index >= 15 is 0 Å². The lowest BCUT2D eigenvalue weighted by molar-refractivity contribution is 0.515. The second-order valence-electron chi connectivity index (χ2n) is 4.43. The van der Waals surface area contributed by atoms with Gasteiger partial charge in [0.2, 0.25) is 0 Å². The fourth-order valence-electron chi connectivity index (χ4n) is 2.36. The minimum absolute atomic E-state index is 0.126. The van der Waals surface area contributed by atoms with Crippen LogP contribution in [0.4, 0.5) is 4.39 Å². The van der Waals surface area contributed by atoms with Crippen molar-refractivity contribution in [3.05, 3.63) is 34.1 Å². The molecular formula is C13H17BrFNS. The number of thioether (sulfide) groups is 1. The van der Waals surface area contributed by atoms with Gasteiger partial charge < -0.3 is 5.32 Å². The fourth-order valence-corrected chi connectivity index (χ4v) is 3.73. The number of hydrogen-bond donors (Lipinski definition) is 1. The van der Waals surface area contributed by atoms with Crippen molar-refractivity contribution in [3.63, 3.8) is 0 Å². The van der Waals surface area contributed by atoms with E-state index in [1.807, 2.05) is 17.8 Å². The third-order valence-corrected chi connectivity index (χ3v) is 4.98. The highest BCUT2D eigenvalue weighted by Crippen LogP contribution is 2.28. The summed E-state index contributed by atoms with van der Waals surface area (Å²) in [5.74, 6) is -0.126. The van der Waals surface area contributed by atoms with Crippen LogP contribution < -0.4 is 5.32 Å². The summed E-state index contributed by atoms with van der Waals surface area (Å²) in [5.41, 5.74) is 0.742. The Labute approximate surface area is 115 Å². The van der Waals surface area contributed by atoms with Crippen LogP contribution in [0.3, 0.4) is 0 Å². The van der Waals surface area contributed by atoms with E-state index in [1.54, 1.807) is 6.07 Å². The molecule has 0 aromatic heterocycles. The molecule has 1 fully saturated rings. The van der Waals surface area contributed by atoms with Crippen LogP contribution in [0.5, 0.6) is 0 Å². The van der Waals surface area contributed by atoms with E-state index < -0.39 is 0 Å². The lowest BCUT2D eigenvalue weighted by Gasteiger charge is -2.19. The SMILES string of the molecule is CSC1CCCC1NCc1cc(Br)ccc1F. The minimum atomic E-state index is -0.126. The van der Waals surface area contributed by atoms with Gasteiger partial charge in [0.25, 0.3) is 0 Å². The van der Waals surface area contributed by atoms with Crippen LogP contribution in [-0.2, 0) is 6.54 Å². The van der Waals surface area contributed by atoms with Crippen molar-refractivity contribution in [1.29, 1.82) is 0 Å². The average molecular weight is 318 g/mol. The Kier molecular flexibility index (Phi) is 4.88. The van der Waals surface area contributed by atoms with Gasteiger partial charge in [-0.1, -0.05) is 22.4 Å². The summed E-state index contributed by atoms with van der Waals surface area (Å²) in [6, 6.07) is 5.63. The standard InChI is InChI=1S/C13H17BrFNS/c1-17-13-4-2-3-12(13)16-8-9-7-10(14)5-6-11(9)15/h5-7,12-13,16H,2-4,8H2,1H3. The van der Waals surface area contributed by atoms with Gasteiger partial charge in [0, 0.05) is 27.9 Å². The Balaban J connectivity index is 1.95. The molecule has 2 rings (SSSR count). The van der Waals surface area contributed by atoms with E-state index in [1.165, 1.54) is 25.3 Å². The van der Waals surface area contributed by atoms with E-state index in [0.717, 1.165) is 10.0 Å². The highest BCUT2D eigenvalue weighted by atomic mass is 79.9. The molecule has 0 radical (unpaired) electrons. The van der Waals surface area contributed by atoms with Crippen LogP contribution in [0.15, 0.2) is 22.7 Å². The summed E-state index contributed by atoms with van der Waals surface area (Å²) in [4.78, 5) is 0. The lowest BCUT2D eigenvalue weighted by atomic mass is 10.2. The Morgan fingerprint density at radius 2 is 2.29 bits per heavy atom. The Morgan fingerprint density at radius 1 is 1.47 bits per heavy atom. The molecule has 17 heavy (non-hydrogen) atoms. The van der Waals surface area contributed by atoms with E-state index in [0.29, 0.717) is 17.8 Å². The zero-order valence-electron chi connectivity index (χ0n) is 9.88. The predicted octanol–water partition coefficient (Wildman–Crippen LogP) is 3.96. The molecule has 4 heteroatoms. The molecule has 1 aliphatic carbocycles. The van der Waals surface area contributed by atoms with Crippen LogP contribution in [-0.4, -0.2) is 17.5 Å². The third-order valence-electron chi connectivity index (χ3n) is 3.32. The molecule has 1 aliphatic rings. The third kappa shape index (κ3) is 3.46. The zero-order valence-corrected chi connectivity index (χ0v) is 12.3. The maximum Gasteiger partial charge on any atom is 0.127 e. The summed E-state index contributed by atoms with van der Waals surface area (Å²) in [6.45, 7) is 0.618. The smallest absolute Gasteiger partial charge is 0.127 e. The summed E-state index contributed by atoms with van der Waals surface area (Å²) in [5, 5.41) is 4.17. The lowest BCUT2D eigenvalue weighted by Crippen LogP contribution is -2.33. The molecular weight excluding hydrogens is 301 g/mol. The highest BCUT2D eigenvalue weighted by molar-refractivity contribution is 9.10. The molecule has 1 nitrogen and oxygen atoms in total. The topological polar surface area (TPSA) is 12.0 Å². The van der Waals surface area contributed by atoms with Crippen LogP contribution in [0.2, 0.25) is 0 Å². The summed E-state index contributed by atoms with van der Waals surface area (Å²) in [7, 11) is 0. The van der Waals surface area contributed by atoms with E-state index in [4.69, 9.17) is 0 Å². The van der Waals surface area contributed by atoms with Crippen molar-refractivity contribution < 1.29 is 4.39 Å². The van der Waals surface area contributed by atoms with Crippen LogP contribution in [0.1, 0.15) is 24.8 Å². The minimum Gasteiger partial charge on any atom is -0.309 e. The first-order valence-electron chi connectivity index (χ1n) is 5.91. The van der Waals surface area contributed by atoms with Gasteiger partial charge in [-0.2, -0.15) is 11.8 Å². The van der Waals surface area contributed by atoms with Crippen molar-refractivity contribution in [3.8, 4) is 0 Å². The van der Waals surface area contributed by atoms with Gasteiger partial charge in [-0.15, -0.1) is 0 Å². The molecule has 0 bridgehead atoms. The maximum absolute atomic E-state index is 13.6. The Bertz CT molecular complexity index is 386. The molecule has 0 heterocycles. The van der Waals surface area contributed by atoms with Gasteiger partial charge in [-0.25, -0.2) is 4.39 Å². The molecule has 2 atom stereocenters. The number of rotatable bonds is 4. The first-order valence-corrected chi connectivity index (χ1v) is 7.99. The summed E-state index contributed by atoms with van der Waals surface area (Å²) < 4.78 is 14.5. The van der Waals surface area contributed by atoms with E-state index in [2.05, 4.69) is 27.5 Å². The molecule has 0 aliphatic heterocycles. The second-order valence-corrected chi connectivity index (χ2v) is 6.42. The fraction of sp³-hybridized carbons (Fsp3) is 0.538. The number of nitrogens with one attached hydrogen (secondary N) is 1. The average Bonchev–Trinajstić information content (AvgIpc) is 2.77. The Hall–Kier alpha value is -0.0600. The second kappa shape index (κ2) is 6.21. The van der Waals surface area contributed by atoms with E-state index in [-0.39, 0.29) is 5.82 Å². The van der Waals surface area contributed by atoms with Gasteiger partial charge in [0.1, 0.15) is 5.82 Å². The number of benzene rings is 1. The van der Waals surface area contributed by atoms with Gasteiger partial charge in [0.05, 0.1) is 0 Å². The van der Waals surface area contributed by atoms with Gasteiger partial charge in [-0.05, 0) is 37.3 Å². The first-order chi connectivity index (χ1) is 8.20. The number of hydrogen-bond acceptors (Lipinski definition) is 2. The predicted molar refractivity (Wildman–Crippen MR) is 75.9 cm³/mol. The molecule has 94 valence electrons. The molecule has 1 saturated carbocycles. The van der Waals surface area contributed by atoms with Crippen molar-refractivity contribution in [2.75, 3.05) is 6.26 Å². The maximum atomic E-state index is 13.6. The van der Waals surface area contributed by atoms with Crippen LogP contribution in [0, 0.1) is 5.82 Å². The summed E-state index contributed by atoms with van der Waals surface area (Å²) >= 11 is 5.29. The van der Waals surface area contributed by atoms with Crippen molar-refractivity contribution in [2.24, 2.45) is 0 Å². The molecule has 1 N–H and O–H groups in total. The summed E-state index contributed by atoms with van der Waals surface area (Å²) in [6.07, 6.45) is 5.93. The monoisotopic (exact) mass is 317 g/mol. The van der Waals surface area contributed by atoms with E-state index in [9.17, 15) is 4.39 Å². The molecule has 0 amide bonds. The molecule has 2 unspecified atom stereocenters. The largest absolute Gasteiger partial charge is 0.309 e.